The van der Waals surface area contributed by atoms with Crippen molar-refractivity contribution in [3.8, 4) is 11.1 Å². The molecule has 2 heterocycles. The Kier molecular flexibility index (Phi) is 5.92. The molecule has 35 heavy (non-hydrogen) atoms. The Morgan fingerprint density at radius 2 is 1.63 bits per heavy atom. The molecule has 7 nitrogen and oxygen atoms in total. The Balaban J connectivity index is 1.49. The summed E-state index contributed by atoms with van der Waals surface area (Å²) < 4.78 is 29.8. The molecule has 0 bridgehead atoms. The van der Waals surface area contributed by atoms with Gasteiger partial charge in [-0.2, -0.15) is 5.10 Å². The van der Waals surface area contributed by atoms with E-state index in [2.05, 4.69) is 14.8 Å². The number of fused-ring (bicyclic) bond motifs is 2. The van der Waals surface area contributed by atoms with E-state index < -0.39 is 10.0 Å². The molecule has 1 N–H and O–H groups in total. The van der Waals surface area contributed by atoms with Crippen LogP contribution in [0.3, 0.4) is 0 Å². The summed E-state index contributed by atoms with van der Waals surface area (Å²) in [5.74, 6) is -0.218. The van der Waals surface area contributed by atoms with Crippen LogP contribution in [0, 0.1) is 6.92 Å². The van der Waals surface area contributed by atoms with E-state index in [1.165, 1.54) is 0 Å². The zero-order valence-corrected chi connectivity index (χ0v) is 20.2. The molecular formula is C27H24N4O3S. The van der Waals surface area contributed by atoms with Crippen LogP contribution in [0.4, 0.5) is 0 Å². The molecule has 8 heteroatoms. The minimum atomic E-state index is -3.60. The van der Waals surface area contributed by atoms with Gasteiger partial charge in [-0.3, -0.25) is 14.5 Å². The third kappa shape index (κ3) is 4.99. The van der Waals surface area contributed by atoms with Gasteiger partial charge in [-0.1, -0.05) is 48.0 Å². The third-order valence-corrected chi connectivity index (χ3v) is 7.26. The standard InChI is InChI=1S/C27H24N4O3S/c1-18-3-5-19(6-4-18)13-30-35(33,34)17-20-7-8-21-9-10-26-25(27(32)24(21)11-20)12-22(14-28-26)23-15-29-31(2)16-23/h3-12,14-16,30H,13,17H2,1-2H3. The second kappa shape index (κ2) is 9.05. The highest BCUT2D eigenvalue weighted by atomic mass is 32.2. The molecule has 0 spiro atoms. The van der Waals surface area contributed by atoms with Crippen molar-refractivity contribution in [1.29, 1.82) is 0 Å². The number of aryl methyl sites for hydroxylation is 2. The summed E-state index contributed by atoms with van der Waals surface area (Å²) in [6, 6.07) is 18.3. The first-order valence-corrected chi connectivity index (χ1v) is 12.8. The van der Waals surface area contributed by atoms with E-state index in [0.29, 0.717) is 21.9 Å². The predicted octanol–water partition coefficient (Wildman–Crippen LogP) is 4.08. The van der Waals surface area contributed by atoms with E-state index in [9.17, 15) is 13.2 Å². The molecule has 0 saturated carbocycles. The molecule has 176 valence electrons. The fourth-order valence-electron chi connectivity index (χ4n) is 4.04. The van der Waals surface area contributed by atoms with Crippen LogP contribution in [-0.2, 0) is 29.4 Å². The minimum Gasteiger partial charge on any atom is -0.289 e. The highest BCUT2D eigenvalue weighted by molar-refractivity contribution is 7.88. The van der Waals surface area contributed by atoms with Crippen molar-refractivity contribution in [2.24, 2.45) is 7.05 Å². The van der Waals surface area contributed by atoms with E-state index in [1.54, 1.807) is 35.3 Å². The van der Waals surface area contributed by atoms with Gasteiger partial charge in [0.2, 0.25) is 10.0 Å². The number of aromatic nitrogens is 3. The van der Waals surface area contributed by atoms with Gasteiger partial charge >= 0.3 is 0 Å². The van der Waals surface area contributed by atoms with Crippen LogP contribution in [0.25, 0.3) is 32.8 Å². The van der Waals surface area contributed by atoms with Crippen molar-refractivity contribution in [3.05, 3.63) is 106 Å². The Morgan fingerprint density at radius 1 is 0.886 bits per heavy atom. The van der Waals surface area contributed by atoms with Gasteiger partial charge in [0.25, 0.3) is 0 Å². The van der Waals surface area contributed by atoms with Crippen LogP contribution < -0.4 is 10.2 Å². The first kappa shape index (κ1) is 22.9. The Morgan fingerprint density at radius 3 is 2.37 bits per heavy atom. The first-order chi connectivity index (χ1) is 16.8. The molecule has 0 saturated heterocycles. The average Bonchev–Trinajstić information content (AvgIpc) is 3.23. The van der Waals surface area contributed by atoms with Crippen LogP contribution in [-0.4, -0.2) is 23.2 Å². The van der Waals surface area contributed by atoms with Crippen molar-refractivity contribution in [2.45, 2.75) is 19.2 Å². The maximum absolute atomic E-state index is 13.5. The van der Waals surface area contributed by atoms with Crippen LogP contribution in [0.5, 0.6) is 0 Å². The van der Waals surface area contributed by atoms with Gasteiger partial charge in [0.1, 0.15) is 0 Å². The number of hydrogen-bond donors (Lipinski definition) is 1. The highest BCUT2D eigenvalue weighted by Gasteiger charge is 2.13. The quantitative estimate of drug-likeness (QED) is 0.392. The molecule has 2 aromatic heterocycles. The molecule has 5 aromatic rings. The van der Waals surface area contributed by atoms with Crippen molar-refractivity contribution < 1.29 is 8.42 Å². The van der Waals surface area contributed by atoms with E-state index in [1.807, 2.05) is 62.6 Å². The van der Waals surface area contributed by atoms with Gasteiger partial charge in [-0.15, -0.1) is 0 Å². The van der Waals surface area contributed by atoms with Gasteiger partial charge in [0, 0.05) is 47.9 Å². The third-order valence-electron chi connectivity index (χ3n) is 5.96. The number of benzene rings is 2. The SMILES string of the molecule is Cc1ccc(CNS(=O)(=O)Cc2ccc3ccc4ncc(-c5cnn(C)c5)cc4c(=O)c3c2)cc1. The molecule has 5 rings (SSSR count). The molecule has 0 aliphatic heterocycles. The lowest BCUT2D eigenvalue weighted by Crippen LogP contribution is -2.24. The lowest BCUT2D eigenvalue weighted by Gasteiger charge is -2.08. The molecule has 0 amide bonds. The fourth-order valence-corrected chi connectivity index (χ4v) is 5.14. The summed E-state index contributed by atoms with van der Waals surface area (Å²) in [4.78, 5) is 18.0. The summed E-state index contributed by atoms with van der Waals surface area (Å²) in [5.41, 5.74) is 4.59. The van der Waals surface area contributed by atoms with E-state index in [0.717, 1.165) is 27.6 Å². The lowest BCUT2D eigenvalue weighted by molar-refractivity contribution is 0.580. The Labute approximate surface area is 203 Å². The van der Waals surface area contributed by atoms with E-state index in [-0.39, 0.29) is 17.7 Å². The van der Waals surface area contributed by atoms with Crippen molar-refractivity contribution in [2.75, 3.05) is 0 Å². The van der Waals surface area contributed by atoms with Crippen molar-refractivity contribution in [3.63, 3.8) is 0 Å². The highest BCUT2D eigenvalue weighted by Crippen LogP contribution is 2.22. The first-order valence-electron chi connectivity index (χ1n) is 11.1. The number of pyridine rings is 1. The van der Waals surface area contributed by atoms with Crippen LogP contribution in [0.1, 0.15) is 16.7 Å². The molecule has 3 aromatic carbocycles. The molecule has 0 aliphatic rings. The summed E-state index contributed by atoms with van der Waals surface area (Å²) in [5, 5.41) is 5.84. The number of sulfonamides is 1. The monoisotopic (exact) mass is 484 g/mol. The Hall–Kier alpha value is -3.88. The van der Waals surface area contributed by atoms with Crippen molar-refractivity contribution >= 4 is 31.7 Å². The summed E-state index contributed by atoms with van der Waals surface area (Å²) in [7, 11) is -1.77. The molecule has 0 unspecified atom stereocenters. The summed E-state index contributed by atoms with van der Waals surface area (Å²) >= 11 is 0. The van der Waals surface area contributed by atoms with E-state index >= 15 is 0 Å². The molecular weight excluding hydrogens is 460 g/mol. The Bertz CT molecular complexity index is 1730. The number of nitrogens with zero attached hydrogens (tertiary/aromatic N) is 3. The second-order valence-corrected chi connectivity index (χ2v) is 10.5. The lowest BCUT2D eigenvalue weighted by atomic mass is 10.1. The maximum Gasteiger partial charge on any atom is 0.216 e. The van der Waals surface area contributed by atoms with Crippen LogP contribution in [0.15, 0.2) is 84.0 Å². The maximum atomic E-state index is 13.5. The van der Waals surface area contributed by atoms with Gasteiger partial charge in [0.15, 0.2) is 5.43 Å². The van der Waals surface area contributed by atoms with Gasteiger partial charge in [-0.05, 0) is 41.6 Å². The number of hydrogen-bond acceptors (Lipinski definition) is 5. The molecule has 0 fully saturated rings. The molecule has 0 atom stereocenters. The summed E-state index contributed by atoms with van der Waals surface area (Å²) in [6.07, 6.45) is 5.31. The fraction of sp³-hybridized carbons (Fsp3) is 0.148. The topological polar surface area (TPSA) is 93.9 Å². The second-order valence-electron chi connectivity index (χ2n) is 8.71. The molecule has 0 radical (unpaired) electrons. The van der Waals surface area contributed by atoms with Gasteiger partial charge in [-0.25, -0.2) is 13.1 Å². The van der Waals surface area contributed by atoms with Gasteiger partial charge < -0.3 is 0 Å². The predicted molar refractivity (Wildman–Crippen MR) is 138 cm³/mol. The largest absolute Gasteiger partial charge is 0.289 e. The normalized spacial score (nSPS) is 11.8. The molecule has 0 aliphatic carbocycles. The zero-order valence-electron chi connectivity index (χ0n) is 19.4. The number of nitrogens with one attached hydrogen (secondary N) is 1. The smallest absolute Gasteiger partial charge is 0.216 e. The van der Waals surface area contributed by atoms with Crippen molar-refractivity contribution in [1.82, 2.24) is 19.5 Å². The van der Waals surface area contributed by atoms with Crippen LogP contribution in [0.2, 0.25) is 0 Å². The minimum absolute atomic E-state index is 0.190. The number of rotatable bonds is 6. The average molecular weight is 485 g/mol. The van der Waals surface area contributed by atoms with Gasteiger partial charge in [0.05, 0.1) is 17.5 Å². The zero-order chi connectivity index (χ0) is 24.6. The summed E-state index contributed by atoms with van der Waals surface area (Å²) in [6.45, 7) is 2.20. The van der Waals surface area contributed by atoms with Crippen LogP contribution >= 0.6 is 0 Å². The van der Waals surface area contributed by atoms with E-state index in [4.69, 9.17) is 0 Å².